The first-order chi connectivity index (χ1) is 12.4. The number of amides is 1. The zero-order valence-electron chi connectivity index (χ0n) is 14.2. The molecule has 4 nitrogen and oxygen atoms in total. The zero-order valence-corrected chi connectivity index (χ0v) is 14.2. The number of para-hydroxylation sites is 2. The third-order valence-corrected chi connectivity index (χ3v) is 4.10. The molecule has 1 aromatic heterocycles. The van der Waals surface area contributed by atoms with E-state index in [0.29, 0.717) is 11.4 Å². The van der Waals surface area contributed by atoms with Crippen molar-refractivity contribution in [2.75, 3.05) is 5.32 Å². The number of hydrogen-bond donors (Lipinski definition) is 1. The van der Waals surface area contributed by atoms with Crippen LogP contribution in [0.3, 0.4) is 0 Å². The quantitative estimate of drug-likeness (QED) is 0.564. The summed E-state index contributed by atoms with van der Waals surface area (Å²) in [5.74, 6) is -2.84. The summed E-state index contributed by atoms with van der Waals surface area (Å²) in [5, 5.41) is 2.27. The monoisotopic (exact) mass is 354 g/mol. The number of aromatic nitrogens is 1. The number of halogens is 2. The molecule has 6 heteroatoms. The SMILES string of the molecule is Cc1cc(C(=O)C(=O)Nc2ccccc2F)c(C)n1-c1ccccc1F. The Kier molecular flexibility index (Phi) is 4.67. The Hall–Kier alpha value is -3.28. The lowest BCUT2D eigenvalue weighted by atomic mass is 10.1. The molecule has 0 aliphatic rings. The van der Waals surface area contributed by atoms with Crippen LogP contribution in [-0.2, 0) is 4.79 Å². The molecule has 3 aromatic rings. The molecule has 0 fully saturated rings. The number of nitrogens with zero attached hydrogens (tertiary/aromatic N) is 1. The second-order valence-electron chi connectivity index (χ2n) is 5.83. The summed E-state index contributed by atoms with van der Waals surface area (Å²) in [7, 11) is 0. The van der Waals surface area contributed by atoms with Crippen LogP contribution in [0.1, 0.15) is 21.7 Å². The summed E-state index contributed by atoms with van der Waals surface area (Å²) in [5.41, 5.74) is 1.39. The number of carbonyl (C=O) groups is 2. The molecule has 0 aliphatic heterocycles. The molecular formula is C20H16F2N2O2. The summed E-state index contributed by atoms with van der Waals surface area (Å²) < 4.78 is 29.3. The molecule has 1 amide bonds. The van der Waals surface area contributed by atoms with E-state index >= 15 is 0 Å². The summed E-state index contributed by atoms with van der Waals surface area (Å²) >= 11 is 0. The van der Waals surface area contributed by atoms with Gasteiger partial charge in [-0.1, -0.05) is 24.3 Å². The maximum Gasteiger partial charge on any atom is 0.296 e. The average Bonchev–Trinajstić information content (AvgIpc) is 2.91. The molecular weight excluding hydrogens is 338 g/mol. The van der Waals surface area contributed by atoms with Crippen molar-refractivity contribution in [1.29, 1.82) is 0 Å². The van der Waals surface area contributed by atoms with Gasteiger partial charge in [0.25, 0.3) is 11.7 Å². The van der Waals surface area contributed by atoms with Crippen LogP contribution < -0.4 is 5.32 Å². The highest BCUT2D eigenvalue weighted by Gasteiger charge is 2.24. The zero-order chi connectivity index (χ0) is 18.8. The van der Waals surface area contributed by atoms with E-state index in [4.69, 9.17) is 0 Å². The van der Waals surface area contributed by atoms with E-state index in [2.05, 4.69) is 5.32 Å². The minimum Gasteiger partial charge on any atom is -0.317 e. The molecule has 0 bridgehead atoms. The van der Waals surface area contributed by atoms with Gasteiger partial charge in [0.1, 0.15) is 11.6 Å². The number of aryl methyl sites for hydroxylation is 1. The number of anilines is 1. The van der Waals surface area contributed by atoms with E-state index < -0.39 is 23.3 Å². The van der Waals surface area contributed by atoms with Gasteiger partial charge < -0.3 is 9.88 Å². The molecule has 0 radical (unpaired) electrons. The highest BCUT2D eigenvalue weighted by atomic mass is 19.1. The first-order valence-corrected chi connectivity index (χ1v) is 7.94. The van der Waals surface area contributed by atoms with E-state index in [9.17, 15) is 18.4 Å². The molecule has 0 unspecified atom stereocenters. The molecule has 3 rings (SSSR count). The van der Waals surface area contributed by atoms with Crippen molar-refractivity contribution in [3.63, 3.8) is 0 Å². The number of benzene rings is 2. The maximum atomic E-state index is 14.1. The van der Waals surface area contributed by atoms with E-state index in [-0.39, 0.29) is 16.9 Å². The van der Waals surface area contributed by atoms with Crippen molar-refractivity contribution in [1.82, 2.24) is 4.57 Å². The van der Waals surface area contributed by atoms with E-state index in [1.165, 1.54) is 30.3 Å². The van der Waals surface area contributed by atoms with Gasteiger partial charge in [0.15, 0.2) is 0 Å². The molecule has 0 atom stereocenters. The molecule has 26 heavy (non-hydrogen) atoms. The van der Waals surface area contributed by atoms with Crippen LogP contribution in [0.25, 0.3) is 5.69 Å². The summed E-state index contributed by atoms with van der Waals surface area (Å²) in [6.45, 7) is 3.34. The first kappa shape index (κ1) is 17.5. The van der Waals surface area contributed by atoms with Gasteiger partial charge in [-0.05, 0) is 44.2 Å². The van der Waals surface area contributed by atoms with E-state index in [1.54, 1.807) is 42.7 Å². The van der Waals surface area contributed by atoms with Gasteiger partial charge in [0, 0.05) is 17.0 Å². The largest absolute Gasteiger partial charge is 0.317 e. The molecule has 0 saturated heterocycles. The number of hydrogen-bond acceptors (Lipinski definition) is 2. The lowest BCUT2D eigenvalue weighted by Crippen LogP contribution is -2.24. The standard InChI is InChI=1S/C20H16F2N2O2/c1-12-11-14(13(2)24(12)18-10-6-4-8-16(18)22)19(25)20(26)23-17-9-5-3-7-15(17)21/h3-11H,1-2H3,(H,23,26). The average molecular weight is 354 g/mol. The van der Waals surface area contributed by atoms with Crippen LogP contribution in [0.4, 0.5) is 14.5 Å². The van der Waals surface area contributed by atoms with Crippen molar-refractivity contribution in [3.05, 3.63) is 83.2 Å². The number of ketones is 1. The van der Waals surface area contributed by atoms with Crippen molar-refractivity contribution in [2.45, 2.75) is 13.8 Å². The summed E-state index contributed by atoms with van der Waals surface area (Å²) in [6.07, 6.45) is 0. The Morgan fingerprint density at radius 2 is 1.54 bits per heavy atom. The number of rotatable bonds is 4. The Morgan fingerprint density at radius 1 is 0.923 bits per heavy atom. The maximum absolute atomic E-state index is 14.1. The molecule has 2 aromatic carbocycles. The lowest BCUT2D eigenvalue weighted by Gasteiger charge is -2.11. The van der Waals surface area contributed by atoms with Gasteiger partial charge in [-0.3, -0.25) is 9.59 Å². The lowest BCUT2D eigenvalue weighted by molar-refractivity contribution is -0.112. The summed E-state index contributed by atoms with van der Waals surface area (Å²) in [4.78, 5) is 24.8. The van der Waals surface area contributed by atoms with Crippen molar-refractivity contribution >= 4 is 17.4 Å². The van der Waals surface area contributed by atoms with Crippen LogP contribution >= 0.6 is 0 Å². The molecule has 0 spiro atoms. The Labute approximate surface area is 149 Å². The number of carbonyl (C=O) groups excluding carboxylic acids is 2. The molecule has 1 N–H and O–H groups in total. The predicted molar refractivity (Wildman–Crippen MR) is 94.6 cm³/mol. The number of Topliss-reactive ketones (excluding diaryl/α,β-unsaturated/α-hetero) is 1. The van der Waals surface area contributed by atoms with Gasteiger partial charge >= 0.3 is 0 Å². The van der Waals surface area contributed by atoms with Crippen LogP contribution in [0.2, 0.25) is 0 Å². The van der Waals surface area contributed by atoms with Gasteiger partial charge in [0.2, 0.25) is 0 Å². The van der Waals surface area contributed by atoms with Crippen LogP contribution in [0.5, 0.6) is 0 Å². The second kappa shape index (κ2) is 6.92. The number of nitrogens with one attached hydrogen (secondary N) is 1. The van der Waals surface area contributed by atoms with Gasteiger partial charge in [-0.25, -0.2) is 8.78 Å². The molecule has 132 valence electrons. The fourth-order valence-corrected chi connectivity index (χ4v) is 2.86. The summed E-state index contributed by atoms with van der Waals surface area (Å²) in [6, 6.07) is 13.3. The molecule has 0 aliphatic carbocycles. The van der Waals surface area contributed by atoms with Crippen LogP contribution in [0, 0.1) is 25.5 Å². The van der Waals surface area contributed by atoms with Crippen molar-refractivity contribution in [3.8, 4) is 5.69 Å². The van der Waals surface area contributed by atoms with Crippen LogP contribution in [0.15, 0.2) is 54.6 Å². The van der Waals surface area contributed by atoms with Gasteiger partial charge in [-0.15, -0.1) is 0 Å². The molecule has 1 heterocycles. The van der Waals surface area contributed by atoms with E-state index in [0.717, 1.165) is 0 Å². The van der Waals surface area contributed by atoms with Crippen LogP contribution in [-0.4, -0.2) is 16.3 Å². The molecule has 0 saturated carbocycles. The third kappa shape index (κ3) is 3.13. The highest BCUT2D eigenvalue weighted by Crippen LogP contribution is 2.23. The topological polar surface area (TPSA) is 51.1 Å². The minimum atomic E-state index is -0.955. The Balaban J connectivity index is 1.94. The van der Waals surface area contributed by atoms with Gasteiger partial charge in [0.05, 0.1) is 11.4 Å². The predicted octanol–water partition coefficient (Wildman–Crippen LogP) is 4.19. The fourth-order valence-electron chi connectivity index (χ4n) is 2.86. The normalized spacial score (nSPS) is 10.6. The Bertz CT molecular complexity index is 1010. The fraction of sp³-hybridized carbons (Fsp3) is 0.100. The smallest absolute Gasteiger partial charge is 0.296 e. The van der Waals surface area contributed by atoms with Crippen molar-refractivity contribution in [2.24, 2.45) is 0 Å². The van der Waals surface area contributed by atoms with Crippen molar-refractivity contribution < 1.29 is 18.4 Å². The second-order valence-corrected chi connectivity index (χ2v) is 5.83. The third-order valence-electron chi connectivity index (χ3n) is 4.10. The minimum absolute atomic E-state index is 0.0752. The van der Waals surface area contributed by atoms with Gasteiger partial charge in [-0.2, -0.15) is 0 Å². The first-order valence-electron chi connectivity index (χ1n) is 7.94. The highest BCUT2D eigenvalue weighted by molar-refractivity contribution is 6.46. The Morgan fingerprint density at radius 3 is 2.19 bits per heavy atom. The van der Waals surface area contributed by atoms with E-state index in [1.807, 2.05) is 0 Å².